The van der Waals surface area contributed by atoms with Gasteiger partial charge in [0.05, 0.1) is 5.69 Å². The molecule has 1 aromatic heterocycles. The summed E-state index contributed by atoms with van der Waals surface area (Å²) in [7, 11) is 0. The van der Waals surface area contributed by atoms with Gasteiger partial charge < -0.3 is 5.11 Å². The smallest absolute Gasteiger partial charge is 0.356 e. The SMILES string of the molecule is CC(C)c1cccc(-n2nc(C(=O)O)c3c2CCC3)c1. The van der Waals surface area contributed by atoms with Crippen molar-refractivity contribution in [3.63, 3.8) is 0 Å². The molecule has 1 N–H and O–H groups in total. The Kier molecular flexibility index (Phi) is 3.08. The maximum atomic E-state index is 11.3. The summed E-state index contributed by atoms with van der Waals surface area (Å²) < 4.78 is 1.82. The van der Waals surface area contributed by atoms with Crippen molar-refractivity contribution >= 4 is 5.97 Å². The molecular formula is C16H18N2O2. The van der Waals surface area contributed by atoms with Gasteiger partial charge in [0.15, 0.2) is 5.69 Å². The number of rotatable bonds is 3. The van der Waals surface area contributed by atoms with Crippen molar-refractivity contribution < 1.29 is 9.90 Å². The first kappa shape index (κ1) is 12.9. The van der Waals surface area contributed by atoms with E-state index < -0.39 is 5.97 Å². The Balaban J connectivity index is 2.13. The first-order valence-corrected chi connectivity index (χ1v) is 7.02. The Bertz CT molecular complexity index is 671. The van der Waals surface area contributed by atoms with Crippen LogP contribution < -0.4 is 0 Å². The number of benzene rings is 1. The zero-order valence-corrected chi connectivity index (χ0v) is 11.8. The molecule has 0 radical (unpaired) electrons. The molecule has 0 saturated carbocycles. The summed E-state index contributed by atoms with van der Waals surface area (Å²) >= 11 is 0. The number of carboxylic acid groups (broad SMARTS) is 1. The minimum atomic E-state index is -0.929. The van der Waals surface area contributed by atoms with E-state index >= 15 is 0 Å². The highest BCUT2D eigenvalue weighted by Crippen LogP contribution is 2.28. The minimum absolute atomic E-state index is 0.215. The predicted molar refractivity (Wildman–Crippen MR) is 76.6 cm³/mol. The molecule has 3 rings (SSSR count). The summed E-state index contributed by atoms with van der Waals surface area (Å²) in [4.78, 5) is 11.3. The maximum absolute atomic E-state index is 11.3. The molecule has 0 spiro atoms. The van der Waals surface area contributed by atoms with Crippen LogP contribution in [0, 0.1) is 0 Å². The molecule has 0 amide bonds. The second-order valence-corrected chi connectivity index (χ2v) is 5.59. The topological polar surface area (TPSA) is 55.1 Å². The first-order valence-electron chi connectivity index (χ1n) is 7.02. The molecule has 104 valence electrons. The van der Waals surface area contributed by atoms with Gasteiger partial charge in [-0.25, -0.2) is 9.48 Å². The lowest BCUT2D eigenvalue weighted by Gasteiger charge is -2.10. The molecule has 4 nitrogen and oxygen atoms in total. The largest absolute Gasteiger partial charge is 0.476 e. The van der Waals surface area contributed by atoms with Crippen LogP contribution in [0.4, 0.5) is 0 Å². The number of hydrogen-bond acceptors (Lipinski definition) is 2. The Hall–Kier alpha value is -2.10. The van der Waals surface area contributed by atoms with Gasteiger partial charge in [-0.1, -0.05) is 26.0 Å². The third-order valence-electron chi connectivity index (χ3n) is 3.91. The number of carboxylic acids is 1. The number of aromatic nitrogens is 2. The number of aromatic carboxylic acids is 1. The molecule has 4 heteroatoms. The van der Waals surface area contributed by atoms with Gasteiger partial charge in [-0.2, -0.15) is 5.10 Å². The fourth-order valence-corrected chi connectivity index (χ4v) is 2.84. The van der Waals surface area contributed by atoms with E-state index in [-0.39, 0.29) is 5.69 Å². The monoisotopic (exact) mass is 270 g/mol. The molecule has 20 heavy (non-hydrogen) atoms. The van der Waals surface area contributed by atoms with Crippen LogP contribution in [0.15, 0.2) is 24.3 Å². The van der Waals surface area contributed by atoms with E-state index in [0.717, 1.165) is 36.2 Å². The van der Waals surface area contributed by atoms with Gasteiger partial charge in [0.1, 0.15) is 0 Å². The third-order valence-corrected chi connectivity index (χ3v) is 3.91. The highest BCUT2D eigenvalue weighted by Gasteiger charge is 2.26. The van der Waals surface area contributed by atoms with Gasteiger partial charge in [-0.15, -0.1) is 0 Å². The van der Waals surface area contributed by atoms with Crippen molar-refractivity contribution in [2.45, 2.75) is 39.0 Å². The molecule has 2 aromatic rings. The molecule has 0 atom stereocenters. The van der Waals surface area contributed by atoms with E-state index in [1.165, 1.54) is 5.56 Å². The van der Waals surface area contributed by atoms with E-state index in [0.29, 0.717) is 5.92 Å². The third kappa shape index (κ3) is 2.01. The predicted octanol–water partition coefficient (Wildman–Crippen LogP) is 3.18. The number of nitrogens with zero attached hydrogens (tertiary/aromatic N) is 2. The van der Waals surface area contributed by atoms with Crippen molar-refractivity contribution in [1.82, 2.24) is 9.78 Å². The van der Waals surface area contributed by atoms with E-state index in [2.05, 4.69) is 31.1 Å². The Morgan fingerprint density at radius 2 is 2.15 bits per heavy atom. The zero-order chi connectivity index (χ0) is 14.3. The standard InChI is InChI=1S/C16H18N2O2/c1-10(2)11-5-3-6-12(9-11)18-14-8-4-7-13(14)15(17-18)16(19)20/h3,5-6,9-10H,4,7-8H2,1-2H3,(H,19,20). The molecule has 0 unspecified atom stereocenters. The summed E-state index contributed by atoms with van der Waals surface area (Å²) in [6.07, 6.45) is 2.74. The maximum Gasteiger partial charge on any atom is 0.356 e. The summed E-state index contributed by atoms with van der Waals surface area (Å²) in [5.41, 5.74) is 4.38. The van der Waals surface area contributed by atoms with Crippen LogP contribution in [0.25, 0.3) is 5.69 Å². The Morgan fingerprint density at radius 1 is 1.35 bits per heavy atom. The first-order chi connectivity index (χ1) is 9.58. The second kappa shape index (κ2) is 4.78. The van der Waals surface area contributed by atoms with E-state index in [9.17, 15) is 9.90 Å². The van der Waals surface area contributed by atoms with Crippen molar-refractivity contribution in [2.24, 2.45) is 0 Å². The van der Waals surface area contributed by atoms with Gasteiger partial charge in [-0.05, 0) is 42.9 Å². The molecule has 0 saturated heterocycles. The van der Waals surface area contributed by atoms with Crippen LogP contribution in [-0.2, 0) is 12.8 Å². The van der Waals surface area contributed by atoms with Crippen molar-refractivity contribution in [2.75, 3.05) is 0 Å². The lowest BCUT2D eigenvalue weighted by atomic mass is 10.0. The molecule has 0 fully saturated rings. The van der Waals surface area contributed by atoms with Crippen molar-refractivity contribution in [1.29, 1.82) is 0 Å². The van der Waals surface area contributed by atoms with E-state index in [1.54, 1.807) is 0 Å². The van der Waals surface area contributed by atoms with Crippen LogP contribution in [0.1, 0.15) is 53.5 Å². The molecular weight excluding hydrogens is 252 g/mol. The molecule has 0 aliphatic heterocycles. The van der Waals surface area contributed by atoms with Crippen LogP contribution in [-0.4, -0.2) is 20.9 Å². The van der Waals surface area contributed by atoms with Gasteiger partial charge in [0.2, 0.25) is 0 Å². The van der Waals surface area contributed by atoms with Crippen LogP contribution in [0.3, 0.4) is 0 Å². The summed E-state index contributed by atoms with van der Waals surface area (Å²) in [6, 6.07) is 8.19. The average molecular weight is 270 g/mol. The van der Waals surface area contributed by atoms with Gasteiger partial charge in [0, 0.05) is 11.3 Å². The summed E-state index contributed by atoms with van der Waals surface area (Å²) in [6.45, 7) is 4.30. The Labute approximate surface area is 118 Å². The molecule has 1 aliphatic rings. The second-order valence-electron chi connectivity index (χ2n) is 5.59. The Morgan fingerprint density at radius 3 is 2.85 bits per heavy atom. The summed E-state index contributed by atoms with van der Waals surface area (Å²) in [5, 5.41) is 13.6. The fraction of sp³-hybridized carbons (Fsp3) is 0.375. The molecule has 1 aromatic carbocycles. The van der Waals surface area contributed by atoms with E-state index in [1.807, 2.05) is 16.8 Å². The van der Waals surface area contributed by atoms with Crippen molar-refractivity contribution in [3.8, 4) is 5.69 Å². The van der Waals surface area contributed by atoms with Crippen LogP contribution >= 0.6 is 0 Å². The number of fused-ring (bicyclic) bond motifs is 1. The zero-order valence-electron chi connectivity index (χ0n) is 11.8. The lowest BCUT2D eigenvalue weighted by molar-refractivity contribution is 0.0689. The lowest BCUT2D eigenvalue weighted by Crippen LogP contribution is -2.05. The summed E-state index contributed by atoms with van der Waals surface area (Å²) in [5.74, 6) is -0.487. The quantitative estimate of drug-likeness (QED) is 0.932. The highest BCUT2D eigenvalue weighted by atomic mass is 16.4. The normalized spacial score (nSPS) is 13.8. The molecule has 1 heterocycles. The van der Waals surface area contributed by atoms with Crippen LogP contribution in [0.5, 0.6) is 0 Å². The minimum Gasteiger partial charge on any atom is -0.476 e. The van der Waals surface area contributed by atoms with Crippen LogP contribution in [0.2, 0.25) is 0 Å². The average Bonchev–Trinajstić information content (AvgIpc) is 2.99. The molecule has 0 bridgehead atoms. The van der Waals surface area contributed by atoms with Crippen molar-refractivity contribution in [3.05, 3.63) is 46.8 Å². The van der Waals surface area contributed by atoms with E-state index in [4.69, 9.17) is 0 Å². The highest BCUT2D eigenvalue weighted by molar-refractivity contribution is 5.87. The van der Waals surface area contributed by atoms with Gasteiger partial charge in [0.25, 0.3) is 0 Å². The molecule has 1 aliphatic carbocycles. The number of hydrogen-bond donors (Lipinski definition) is 1. The van der Waals surface area contributed by atoms with Gasteiger partial charge in [-0.3, -0.25) is 0 Å². The van der Waals surface area contributed by atoms with Gasteiger partial charge >= 0.3 is 5.97 Å². The number of carbonyl (C=O) groups is 1. The fourth-order valence-electron chi connectivity index (χ4n) is 2.84.